The number of rotatable bonds is 5. The van der Waals surface area contributed by atoms with Gasteiger partial charge in [-0.1, -0.05) is 29.8 Å². The van der Waals surface area contributed by atoms with Crippen LogP contribution in [0.2, 0.25) is 0 Å². The Labute approximate surface area is 140 Å². The van der Waals surface area contributed by atoms with E-state index >= 15 is 0 Å². The van der Waals surface area contributed by atoms with E-state index in [2.05, 4.69) is 5.32 Å². The summed E-state index contributed by atoms with van der Waals surface area (Å²) in [5, 5.41) is 31.9. The second-order valence-corrected chi connectivity index (χ2v) is 5.74. The molecule has 7 nitrogen and oxygen atoms in total. The van der Waals surface area contributed by atoms with Gasteiger partial charge in [0.2, 0.25) is 5.91 Å². The van der Waals surface area contributed by atoms with Gasteiger partial charge in [-0.25, -0.2) is 0 Å². The van der Waals surface area contributed by atoms with Crippen LogP contribution in [0.5, 0.6) is 0 Å². The molecule has 0 spiro atoms. The van der Waals surface area contributed by atoms with Gasteiger partial charge in [0.25, 0.3) is 0 Å². The molecule has 1 aliphatic heterocycles. The molecule has 1 aromatic carbocycles. The molecule has 7 heteroatoms. The molecule has 1 fully saturated rings. The van der Waals surface area contributed by atoms with E-state index in [-0.39, 0.29) is 12.5 Å². The second kappa shape index (κ2) is 8.36. The van der Waals surface area contributed by atoms with Crippen LogP contribution in [-0.2, 0) is 14.3 Å². The van der Waals surface area contributed by atoms with Crippen LogP contribution < -0.4 is 5.32 Å². The van der Waals surface area contributed by atoms with Gasteiger partial charge in [-0.15, -0.1) is 0 Å². The monoisotopic (exact) mass is 337 g/mol. The normalized spacial score (nSPS) is 30.5. The van der Waals surface area contributed by atoms with Gasteiger partial charge in [-0.3, -0.25) is 4.79 Å². The number of nitrogens with one attached hydrogen (secondary N) is 1. The molecule has 5 unspecified atom stereocenters. The molecule has 0 radical (unpaired) electrons. The first-order chi connectivity index (χ1) is 11.4. The molecule has 1 aromatic rings. The molecule has 1 heterocycles. The summed E-state index contributed by atoms with van der Waals surface area (Å²) < 4.78 is 10.2. The van der Waals surface area contributed by atoms with Crippen molar-refractivity contribution in [3.8, 4) is 0 Å². The minimum atomic E-state index is -1.41. The Morgan fingerprint density at radius 2 is 1.88 bits per heavy atom. The summed E-state index contributed by atoms with van der Waals surface area (Å²) in [6, 6.07) is 7.69. The Morgan fingerprint density at radius 3 is 2.50 bits per heavy atom. The van der Waals surface area contributed by atoms with Crippen LogP contribution in [0.4, 0.5) is 0 Å². The third-order valence-electron chi connectivity index (χ3n) is 3.88. The Bertz CT molecular complexity index is 571. The van der Waals surface area contributed by atoms with Gasteiger partial charge in [-0.2, -0.15) is 0 Å². The Kier molecular flexibility index (Phi) is 6.47. The van der Waals surface area contributed by atoms with Crippen molar-refractivity contribution in [3.05, 3.63) is 41.5 Å². The molecule has 1 aliphatic rings. The highest BCUT2D eigenvalue weighted by atomic mass is 16.7. The average molecular weight is 337 g/mol. The number of hydrogen-bond donors (Lipinski definition) is 4. The van der Waals surface area contributed by atoms with Gasteiger partial charge < -0.3 is 30.1 Å². The predicted octanol–water partition coefficient (Wildman–Crippen LogP) is -0.422. The minimum Gasteiger partial charge on any atom is -0.388 e. The molecule has 1 saturated heterocycles. The van der Waals surface area contributed by atoms with Crippen molar-refractivity contribution >= 4 is 12.0 Å². The van der Waals surface area contributed by atoms with E-state index in [1.165, 1.54) is 13.2 Å². The van der Waals surface area contributed by atoms with Gasteiger partial charge >= 0.3 is 0 Å². The highest BCUT2D eigenvalue weighted by molar-refractivity contribution is 5.91. The van der Waals surface area contributed by atoms with E-state index < -0.39 is 30.7 Å². The molecule has 0 aliphatic carbocycles. The smallest absolute Gasteiger partial charge is 0.244 e. The van der Waals surface area contributed by atoms with Crippen molar-refractivity contribution in [1.29, 1.82) is 0 Å². The zero-order valence-corrected chi connectivity index (χ0v) is 13.6. The number of aliphatic hydroxyl groups excluding tert-OH is 3. The molecular formula is C17H23NO6. The molecule has 0 bridgehead atoms. The van der Waals surface area contributed by atoms with Gasteiger partial charge in [0.1, 0.15) is 24.4 Å². The molecule has 0 aromatic heterocycles. The van der Waals surface area contributed by atoms with Crippen LogP contribution in [0, 0.1) is 6.92 Å². The van der Waals surface area contributed by atoms with Crippen LogP contribution in [0.3, 0.4) is 0 Å². The van der Waals surface area contributed by atoms with Gasteiger partial charge in [0.15, 0.2) is 6.29 Å². The first-order valence-electron chi connectivity index (χ1n) is 7.67. The van der Waals surface area contributed by atoms with E-state index in [0.29, 0.717) is 0 Å². The van der Waals surface area contributed by atoms with E-state index in [0.717, 1.165) is 11.1 Å². The Morgan fingerprint density at radius 1 is 1.21 bits per heavy atom. The van der Waals surface area contributed by atoms with Crippen molar-refractivity contribution in [2.75, 3.05) is 13.7 Å². The van der Waals surface area contributed by atoms with Gasteiger partial charge in [0.05, 0.1) is 0 Å². The predicted molar refractivity (Wildman–Crippen MR) is 86.9 cm³/mol. The maximum Gasteiger partial charge on any atom is 0.244 e. The average Bonchev–Trinajstić information content (AvgIpc) is 2.58. The zero-order chi connectivity index (χ0) is 17.7. The number of carbonyl (C=O) groups excluding carboxylic acids is 1. The lowest BCUT2D eigenvalue weighted by Gasteiger charge is -2.39. The van der Waals surface area contributed by atoms with E-state index in [1.807, 2.05) is 31.2 Å². The fraction of sp³-hybridized carbons (Fsp3) is 0.471. The summed E-state index contributed by atoms with van der Waals surface area (Å²) in [4.78, 5) is 11.9. The summed E-state index contributed by atoms with van der Waals surface area (Å²) in [5.41, 5.74) is 2.02. The highest BCUT2D eigenvalue weighted by Crippen LogP contribution is 2.21. The van der Waals surface area contributed by atoms with Crippen molar-refractivity contribution in [1.82, 2.24) is 5.32 Å². The van der Waals surface area contributed by atoms with Crippen LogP contribution in [0.1, 0.15) is 11.1 Å². The molecule has 1 amide bonds. The number of aliphatic hydroxyl groups is 3. The van der Waals surface area contributed by atoms with E-state index in [9.17, 15) is 20.1 Å². The van der Waals surface area contributed by atoms with Gasteiger partial charge in [-0.05, 0) is 18.6 Å². The van der Waals surface area contributed by atoms with Crippen molar-refractivity contribution in [3.63, 3.8) is 0 Å². The largest absolute Gasteiger partial charge is 0.388 e. The standard InChI is InChI=1S/C17H23NO6/c1-10-3-5-11(6-4-10)7-8-13(19)18-9-12-14(20)15(21)16(22)17(23-2)24-12/h3-8,12,14-17,20-22H,9H2,1-2H3,(H,18,19). The Hall–Kier alpha value is -1.77. The number of carbonyl (C=O) groups is 1. The number of amides is 1. The van der Waals surface area contributed by atoms with Crippen LogP contribution in [0.25, 0.3) is 6.08 Å². The summed E-state index contributed by atoms with van der Waals surface area (Å²) in [7, 11) is 1.32. The fourth-order valence-corrected chi connectivity index (χ4v) is 2.39. The lowest BCUT2D eigenvalue weighted by molar-refractivity contribution is -0.288. The highest BCUT2D eigenvalue weighted by Gasteiger charge is 2.43. The van der Waals surface area contributed by atoms with Crippen LogP contribution in [-0.4, -0.2) is 65.6 Å². The number of benzene rings is 1. The lowest BCUT2D eigenvalue weighted by atomic mass is 9.99. The summed E-state index contributed by atoms with van der Waals surface area (Å²) in [6.07, 6.45) is -2.99. The van der Waals surface area contributed by atoms with E-state index in [1.54, 1.807) is 6.08 Å². The van der Waals surface area contributed by atoms with Crippen molar-refractivity contribution in [2.24, 2.45) is 0 Å². The number of ether oxygens (including phenoxy) is 2. The first-order valence-corrected chi connectivity index (χ1v) is 7.67. The van der Waals surface area contributed by atoms with Crippen LogP contribution >= 0.6 is 0 Å². The van der Waals surface area contributed by atoms with Gasteiger partial charge in [0, 0.05) is 19.7 Å². The number of aryl methyl sites for hydroxylation is 1. The fourth-order valence-electron chi connectivity index (χ4n) is 2.39. The Balaban J connectivity index is 1.87. The first kappa shape index (κ1) is 18.6. The molecule has 132 valence electrons. The molecule has 2 rings (SSSR count). The summed E-state index contributed by atoms with van der Waals surface area (Å²) in [5.74, 6) is -0.360. The summed E-state index contributed by atoms with van der Waals surface area (Å²) in [6.45, 7) is 1.95. The SMILES string of the molecule is COC1OC(CNC(=O)C=Cc2ccc(C)cc2)C(O)C(O)C1O. The topological polar surface area (TPSA) is 108 Å². The van der Waals surface area contributed by atoms with Crippen molar-refractivity contribution in [2.45, 2.75) is 37.6 Å². The lowest BCUT2D eigenvalue weighted by Crippen LogP contribution is -2.60. The number of methoxy groups -OCH3 is 1. The third-order valence-corrected chi connectivity index (χ3v) is 3.88. The molecule has 0 saturated carbocycles. The van der Waals surface area contributed by atoms with Crippen molar-refractivity contribution < 1.29 is 29.6 Å². The zero-order valence-electron chi connectivity index (χ0n) is 13.6. The quantitative estimate of drug-likeness (QED) is 0.544. The molecule has 5 atom stereocenters. The minimum absolute atomic E-state index is 0.0259. The van der Waals surface area contributed by atoms with Crippen LogP contribution in [0.15, 0.2) is 30.3 Å². The maximum atomic E-state index is 11.9. The molecule has 4 N–H and O–H groups in total. The maximum absolute atomic E-state index is 11.9. The second-order valence-electron chi connectivity index (χ2n) is 5.74. The van der Waals surface area contributed by atoms with E-state index in [4.69, 9.17) is 9.47 Å². The third kappa shape index (κ3) is 4.62. The number of hydrogen-bond acceptors (Lipinski definition) is 6. The molecular weight excluding hydrogens is 314 g/mol. The molecule has 24 heavy (non-hydrogen) atoms. The summed E-state index contributed by atoms with van der Waals surface area (Å²) >= 11 is 0.